The van der Waals surface area contributed by atoms with E-state index in [9.17, 15) is 13.2 Å². The predicted molar refractivity (Wildman–Crippen MR) is 67.6 cm³/mol. The van der Waals surface area contributed by atoms with Crippen LogP contribution < -0.4 is 4.74 Å². The maximum Gasteiger partial charge on any atom is 0.573 e. The molecule has 0 saturated carbocycles. The lowest BCUT2D eigenvalue weighted by Gasteiger charge is -2.08. The molecule has 0 fully saturated rings. The second-order valence-corrected chi connectivity index (χ2v) is 4.35. The number of ether oxygens (including phenoxy) is 1. The number of alkyl halides is 3. The summed E-state index contributed by atoms with van der Waals surface area (Å²) in [6.45, 7) is 8.57. The number of aryl methyl sites for hydroxylation is 1. The van der Waals surface area contributed by atoms with Gasteiger partial charge in [-0.05, 0) is 30.0 Å². The molecule has 0 amide bonds. The van der Waals surface area contributed by atoms with E-state index in [1.165, 1.54) is 18.6 Å². The van der Waals surface area contributed by atoms with Crippen LogP contribution in [0, 0.1) is 5.92 Å². The quantitative estimate of drug-likeness (QED) is 0.727. The minimum Gasteiger partial charge on any atom is -0.406 e. The van der Waals surface area contributed by atoms with Crippen molar-refractivity contribution in [2.24, 2.45) is 5.92 Å². The highest BCUT2D eigenvalue weighted by molar-refractivity contribution is 5.27. The monoisotopic (exact) mass is 262 g/mol. The van der Waals surface area contributed by atoms with Crippen molar-refractivity contribution in [2.75, 3.05) is 0 Å². The van der Waals surface area contributed by atoms with Gasteiger partial charge in [0.15, 0.2) is 0 Å². The van der Waals surface area contributed by atoms with E-state index in [1.807, 2.05) is 6.92 Å². The third-order valence-electron chi connectivity index (χ3n) is 2.38. The summed E-state index contributed by atoms with van der Waals surface area (Å²) in [4.78, 5) is 0. The topological polar surface area (TPSA) is 9.23 Å². The van der Waals surface area contributed by atoms with Gasteiger partial charge in [0.25, 0.3) is 0 Å². The normalized spacial score (nSPS) is 10.9. The summed E-state index contributed by atoms with van der Waals surface area (Å²) in [5, 5.41) is 0. The second kappa shape index (κ2) is 8.01. The molecule has 4 heteroatoms. The Kier molecular flexibility index (Phi) is 7.48. The molecule has 0 bridgehead atoms. The van der Waals surface area contributed by atoms with Crippen molar-refractivity contribution in [3.63, 3.8) is 0 Å². The van der Waals surface area contributed by atoms with Crippen molar-refractivity contribution in [3.8, 4) is 5.75 Å². The van der Waals surface area contributed by atoms with E-state index in [2.05, 4.69) is 25.5 Å². The first-order valence-corrected chi connectivity index (χ1v) is 6.13. The molecule has 0 saturated heterocycles. The Hall–Kier alpha value is -1.19. The van der Waals surface area contributed by atoms with Crippen molar-refractivity contribution in [2.45, 2.75) is 46.9 Å². The zero-order valence-corrected chi connectivity index (χ0v) is 11.3. The van der Waals surface area contributed by atoms with E-state index in [0.717, 1.165) is 17.9 Å². The van der Waals surface area contributed by atoms with Crippen LogP contribution >= 0.6 is 0 Å². The molecule has 0 N–H and O–H groups in total. The average molecular weight is 262 g/mol. The fraction of sp³-hybridized carbons (Fsp3) is 0.571. The standard InChI is InChI=1S/C9H9F3O.C5H12/c1-2-7-3-5-8(6-4-7)13-9(10,11)12;1-4-5(2)3/h3-6H,2H2,1H3;5H,4H2,1-3H3. The zero-order chi connectivity index (χ0) is 14.2. The maximum atomic E-state index is 11.7. The van der Waals surface area contributed by atoms with E-state index in [1.54, 1.807) is 12.1 Å². The first-order valence-electron chi connectivity index (χ1n) is 6.13. The minimum atomic E-state index is -4.60. The lowest BCUT2D eigenvalue weighted by molar-refractivity contribution is -0.274. The van der Waals surface area contributed by atoms with Crippen LogP contribution in [0.1, 0.15) is 39.7 Å². The highest BCUT2D eigenvalue weighted by atomic mass is 19.4. The first kappa shape index (κ1) is 16.8. The Morgan fingerprint density at radius 3 is 1.78 bits per heavy atom. The molecular formula is C14H21F3O. The molecule has 1 aromatic rings. The Morgan fingerprint density at radius 1 is 1.06 bits per heavy atom. The Bertz CT molecular complexity index is 315. The van der Waals surface area contributed by atoms with Gasteiger partial charge in [0.2, 0.25) is 0 Å². The molecule has 1 nitrogen and oxygen atoms in total. The van der Waals surface area contributed by atoms with Crippen LogP contribution in [0.25, 0.3) is 0 Å². The number of hydrogen-bond donors (Lipinski definition) is 0. The Labute approximate surface area is 107 Å². The Balaban J connectivity index is 0.000000494. The van der Waals surface area contributed by atoms with Crippen LogP contribution in [-0.2, 0) is 6.42 Å². The summed E-state index contributed by atoms with van der Waals surface area (Å²) in [7, 11) is 0. The van der Waals surface area contributed by atoms with Crippen LogP contribution in [0.2, 0.25) is 0 Å². The van der Waals surface area contributed by atoms with Crippen molar-refractivity contribution in [1.82, 2.24) is 0 Å². The SMILES string of the molecule is CCC(C)C.CCc1ccc(OC(F)(F)F)cc1. The molecule has 18 heavy (non-hydrogen) atoms. The minimum absolute atomic E-state index is 0.176. The van der Waals surface area contributed by atoms with Crippen molar-refractivity contribution >= 4 is 0 Å². The third kappa shape index (κ3) is 8.90. The van der Waals surface area contributed by atoms with Crippen LogP contribution in [-0.4, -0.2) is 6.36 Å². The summed E-state index contributed by atoms with van der Waals surface area (Å²) in [5.74, 6) is 0.708. The zero-order valence-electron chi connectivity index (χ0n) is 11.3. The van der Waals surface area contributed by atoms with Gasteiger partial charge in [-0.25, -0.2) is 0 Å². The van der Waals surface area contributed by atoms with Gasteiger partial charge in [-0.2, -0.15) is 0 Å². The van der Waals surface area contributed by atoms with Gasteiger partial charge in [-0.3, -0.25) is 0 Å². The molecule has 0 aromatic heterocycles. The van der Waals surface area contributed by atoms with Crippen molar-refractivity contribution in [3.05, 3.63) is 29.8 Å². The smallest absolute Gasteiger partial charge is 0.406 e. The lowest BCUT2D eigenvalue weighted by atomic mass is 10.2. The summed E-state index contributed by atoms with van der Waals surface area (Å²) < 4.78 is 38.8. The van der Waals surface area contributed by atoms with E-state index in [-0.39, 0.29) is 5.75 Å². The molecule has 0 aliphatic heterocycles. The Morgan fingerprint density at radius 2 is 1.50 bits per heavy atom. The van der Waals surface area contributed by atoms with E-state index in [0.29, 0.717) is 0 Å². The summed E-state index contributed by atoms with van der Waals surface area (Å²) in [6.07, 6.45) is -2.50. The largest absolute Gasteiger partial charge is 0.573 e. The predicted octanol–water partition coefficient (Wildman–Crippen LogP) is 5.20. The van der Waals surface area contributed by atoms with E-state index >= 15 is 0 Å². The maximum absolute atomic E-state index is 11.7. The van der Waals surface area contributed by atoms with Gasteiger partial charge in [0, 0.05) is 0 Å². The van der Waals surface area contributed by atoms with Gasteiger partial charge < -0.3 is 4.74 Å². The van der Waals surface area contributed by atoms with Gasteiger partial charge >= 0.3 is 6.36 Å². The summed E-state index contributed by atoms with van der Waals surface area (Å²) in [6, 6.07) is 5.85. The molecule has 0 unspecified atom stereocenters. The summed E-state index contributed by atoms with van der Waals surface area (Å²) >= 11 is 0. The number of halogens is 3. The summed E-state index contributed by atoms with van der Waals surface area (Å²) in [5.41, 5.74) is 0.981. The average Bonchev–Trinajstić information content (AvgIpc) is 2.29. The van der Waals surface area contributed by atoms with Crippen LogP contribution in [0.15, 0.2) is 24.3 Å². The number of hydrogen-bond acceptors (Lipinski definition) is 1. The van der Waals surface area contributed by atoms with Gasteiger partial charge in [0.05, 0.1) is 0 Å². The molecule has 0 heterocycles. The highest BCUT2D eigenvalue weighted by Gasteiger charge is 2.30. The molecule has 1 aromatic carbocycles. The molecule has 0 atom stereocenters. The van der Waals surface area contributed by atoms with E-state index < -0.39 is 6.36 Å². The fourth-order valence-corrected chi connectivity index (χ4v) is 0.927. The second-order valence-electron chi connectivity index (χ2n) is 4.35. The fourth-order valence-electron chi connectivity index (χ4n) is 0.927. The van der Waals surface area contributed by atoms with Crippen molar-refractivity contribution < 1.29 is 17.9 Å². The number of rotatable bonds is 3. The van der Waals surface area contributed by atoms with Crippen LogP contribution in [0.4, 0.5) is 13.2 Å². The third-order valence-corrected chi connectivity index (χ3v) is 2.38. The number of benzene rings is 1. The lowest BCUT2D eigenvalue weighted by Crippen LogP contribution is -2.16. The highest BCUT2D eigenvalue weighted by Crippen LogP contribution is 2.22. The molecule has 0 aliphatic rings. The van der Waals surface area contributed by atoms with Crippen molar-refractivity contribution in [1.29, 1.82) is 0 Å². The molecule has 0 radical (unpaired) electrons. The van der Waals surface area contributed by atoms with Gasteiger partial charge in [0.1, 0.15) is 5.75 Å². The van der Waals surface area contributed by atoms with Gasteiger partial charge in [-0.15, -0.1) is 13.2 Å². The van der Waals surface area contributed by atoms with Crippen LogP contribution in [0.5, 0.6) is 5.75 Å². The van der Waals surface area contributed by atoms with Crippen LogP contribution in [0.3, 0.4) is 0 Å². The molecule has 0 spiro atoms. The molecule has 104 valence electrons. The molecule has 0 aliphatic carbocycles. The van der Waals surface area contributed by atoms with E-state index in [4.69, 9.17) is 0 Å². The van der Waals surface area contributed by atoms with Gasteiger partial charge in [-0.1, -0.05) is 46.2 Å². The molecule has 1 rings (SSSR count). The first-order chi connectivity index (χ1) is 8.28. The molecular weight excluding hydrogens is 241 g/mol.